The van der Waals surface area contributed by atoms with Crippen molar-refractivity contribution in [3.63, 3.8) is 0 Å². The van der Waals surface area contributed by atoms with E-state index in [1.54, 1.807) is 12.1 Å². The Labute approximate surface area is 118 Å². The standard InChI is InChI=1S/C16H20FNO2/c17-13-6-4-12(5-7-13)16(8-9-16)15(20)18-10-11-2-1-3-14(11)19/h4-7,11,14,19H,1-3,8-10H2,(H,18,20). The average molecular weight is 277 g/mol. The molecular weight excluding hydrogens is 257 g/mol. The molecule has 4 heteroatoms. The summed E-state index contributed by atoms with van der Waals surface area (Å²) < 4.78 is 13.0. The van der Waals surface area contributed by atoms with Crippen LogP contribution in [0.4, 0.5) is 4.39 Å². The minimum absolute atomic E-state index is 0.0169. The predicted octanol–water partition coefficient (Wildman–Crippen LogP) is 2.13. The fourth-order valence-corrected chi connectivity index (χ4v) is 3.19. The van der Waals surface area contributed by atoms with Gasteiger partial charge in [0.15, 0.2) is 0 Å². The number of amides is 1. The van der Waals surface area contributed by atoms with Gasteiger partial charge in [-0.15, -0.1) is 0 Å². The van der Waals surface area contributed by atoms with E-state index in [9.17, 15) is 14.3 Å². The quantitative estimate of drug-likeness (QED) is 0.886. The van der Waals surface area contributed by atoms with Gasteiger partial charge in [0.2, 0.25) is 5.91 Å². The highest BCUT2D eigenvalue weighted by Crippen LogP contribution is 2.48. The monoisotopic (exact) mass is 277 g/mol. The molecule has 1 amide bonds. The molecule has 2 fully saturated rings. The number of carbonyl (C=O) groups excluding carboxylic acids is 1. The Bertz CT molecular complexity index is 496. The Balaban J connectivity index is 1.63. The lowest BCUT2D eigenvalue weighted by atomic mass is 9.94. The first-order valence-electron chi connectivity index (χ1n) is 7.34. The zero-order valence-electron chi connectivity index (χ0n) is 11.4. The summed E-state index contributed by atoms with van der Waals surface area (Å²) >= 11 is 0. The summed E-state index contributed by atoms with van der Waals surface area (Å²) in [6.45, 7) is 0.545. The van der Waals surface area contributed by atoms with Crippen molar-refractivity contribution in [2.24, 2.45) is 5.92 Å². The molecule has 0 heterocycles. The van der Waals surface area contributed by atoms with Crippen LogP contribution in [0.1, 0.15) is 37.7 Å². The highest BCUT2D eigenvalue weighted by atomic mass is 19.1. The number of aliphatic hydroxyl groups is 1. The van der Waals surface area contributed by atoms with Crippen LogP contribution in [-0.4, -0.2) is 23.7 Å². The van der Waals surface area contributed by atoms with Crippen molar-refractivity contribution in [1.29, 1.82) is 0 Å². The van der Waals surface area contributed by atoms with Crippen molar-refractivity contribution < 1.29 is 14.3 Å². The molecule has 2 aliphatic rings. The van der Waals surface area contributed by atoms with Gasteiger partial charge < -0.3 is 10.4 Å². The number of hydrogen-bond donors (Lipinski definition) is 2. The SMILES string of the molecule is O=C(NCC1CCCC1O)C1(c2ccc(F)cc2)CC1. The maximum absolute atomic E-state index is 13.0. The van der Waals surface area contributed by atoms with Crippen molar-refractivity contribution >= 4 is 5.91 Å². The van der Waals surface area contributed by atoms with Crippen molar-refractivity contribution in [1.82, 2.24) is 5.32 Å². The fraction of sp³-hybridized carbons (Fsp3) is 0.562. The van der Waals surface area contributed by atoms with Gasteiger partial charge in [0, 0.05) is 12.5 Å². The molecule has 1 aromatic carbocycles. The van der Waals surface area contributed by atoms with E-state index in [1.807, 2.05) is 0 Å². The van der Waals surface area contributed by atoms with Crippen LogP contribution in [0.5, 0.6) is 0 Å². The van der Waals surface area contributed by atoms with E-state index >= 15 is 0 Å². The van der Waals surface area contributed by atoms with Crippen LogP contribution >= 0.6 is 0 Å². The Kier molecular flexibility index (Phi) is 3.50. The van der Waals surface area contributed by atoms with Gasteiger partial charge in [-0.1, -0.05) is 18.6 Å². The molecule has 20 heavy (non-hydrogen) atoms. The van der Waals surface area contributed by atoms with E-state index < -0.39 is 5.41 Å². The van der Waals surface area contributed by atoms with E-state index in [1.165, 1.54) is 12.1 Å². The second-order valence-electron chi connectivity index (χ2n) is 6.06. The van der Waals surface area contributed by atoms with Crippen molar-refractivity contribution in [3.05, 3.63) is 35.6 Å². The summed E-state index contributed by atoms with van der Waals surface area (Å²) in [6, 6.07) is 6.21. The molecule has 3 rings (SSSR count). The van der Waals surface area contributed by atoms with E-state index in [-0.39, 0.29) is 23.7 Å². The summed E-state index contributed by atoms with van der Waals surface area (Å²) in [5, 5.41) is 12.8. The largest absolute Gasteiger partial charge is 0.393 e. The Morgan fingerprint density at radius 2 is 2.00 bits per heavy atom. The lowest BCUT2D eigenvalue weighted by Crippen LogP contribution is -2.39. The number of hydrogen-bond acceptors (Lipinski definition) is 2. The van der Waals surface area contributed by atoms with E-state index in [0.29, 0.717) is 6.54 Å². The molecule has 2 atom stereocenters. The highest BCUT2D eigenvalue weighted by molar-refractivity contribution is 5.91. The molecule has 2 aliphatic carbocycles. The zero-order chi connectivity index (χ0) is 14.2. The number of halogens is 1. The third-order valence-electron chi connectivity index (χ3n) is 4.73. The molecule has 0 aliphatic heterocycles. The topological polar surface area (TPSA) is 49.3 Å². The maximum atomic E-state index is 13.0. The van der Waals surface area contributed by atoms with Crippen LogP contribution in [0.15, 0.2) is 24.3 Å². The summed E-state index contributed by atoms with van der Waals surface area (Å²) in [4.78, 5) is 12.4. The van der Waals surface area contributed by atoms with E-state index in [2.05, 4.69) is 5.32 Å². The zero-order valence-corrected chi connectivity index (χ0v) is 11.4. The summed E-state index contributed by atoms with van der Waals surface area (Å²) in [6.07, 6.45) is 4.20. The first-order valence-corrected chi connectivity index (χ1v) is 7.34. The number of benzene rings is 1. The molecule has 3 nitrogen and oxygen atoms in total. The summed E-state index contributed by atoms with van der Waals surface area (Å²) in [5.74, 6) is -0.0785. The van der Waals surface area contributed by atoms with Gasteiger partial charge >= 0.3 is 0 Å². The van der Waals surface area contributed by atoms with Crippen LogP contribution in [0.3, 0.4) is 0 Å². The molecule has 1 aromatic rings. The van der Waals surface area contributed by atoms with Crippen molar-refractivity contribution in [3.8, 4) is 0 Å². The summed E-state index contributed by atoms with van der Waals surface area (Å²) in [7, 11) is 0. The van der Waals surface area contributed by atoms with Crippen LogP contribution < -0.4 is 5.32 Å². The first kappa shape index (κ1) is 13.6. The number of nitrogens with one attached hydrogen (secondary N) is 1. The lowest BCUT2D eigenvalue weighted by molar-refractivity contribution is -0.123. The van der Waals surface area contributed by atoms with Gasteiger partial charge in [-0.2, -0.15) is 0 Å². The molecule has 2 unspecified atom stereocenters. The van der Waals surface area contributed by atoms with Crippen molar-refractivity contribution in [2.45, 2.75) is 43.6 Å². The second-order valence-corrected chi connectivity index (χ2v) is 6.06. The predicted molar refractivity (Wildman–Crippen MR) is 73.7 cm³/mol. The Morgan fingerprint density at radius 3 is 2.55 bits per heavy atom. The molecule has 0 aromatic heterocycles. The molecule has 0 radical (unpaired) electrons. The lowest BCUT2D eigenvalue weighted by Gasteiger charge is -2.19. The smallest absolute Gasteiger partial charge is 0.230 e. The Morgan fingerprint density at radius 1 is 1.30 bits per heavy atom. The second kappa shape index (κ2) is 5.17. The minimum atomic E-state index is -0.461. The van der Waals surface area contributed by atoms with Gasteiger partial charge in [-0.05, 0) is 43.4 Å². The van der Waals surface area contributed by atoms with E-state index in [4.69, 9.17) is 0 Å². The van der Waals surface area contributed by atoms with Crippen LogP contribution in [0, 0.1) is 11.7 Å². The number of aliphatic hydroxyl groups excluding tert-OH is 1. The van der Waals surface area contributed by atoms with Crippen LogP contribution in [-0.2, 0) is 10.2 Å². The molecule has 2 saturated carbocycles. The van der Waals surface area contributed by atoms with Gasteiger partial charge in [0.05, 0.1) is 11.5 Å². The third-order valence-corrected chi connectivity index (χ3v) is 4.73. The maximum Gasteiger partial charge on any atom is 0.230 e. The fourth-order valence-electron chi connectivity index (χ4n) is 3.19. The normalized spacial score (nSPS) is 27.3. The molecule has 2 N–H and O–H groups in total. The average Bonchev–Trinajstić information content (AvgIpc) is 3.15. The number of carbonyl (C=O) groups is 1. The molecule has 0 spiro atoms. The Hall–Kier alpha value is -1.42. The van der Waals surface area contributed by atoms with Gasteiger partial charge in [-0.25, -0.2) is 4.39 Å². The third kappa shape index (κ3) is 2.44. The van der Waals surface area contributed by atoms with Crippen LogP contribution in [0.2, 0.25) is 0 Å². The molecule has 108 valence electrons. The number of rotatable bonds is 4. The van der Waals surface area contributed by atoms with Gasteiger partial charge in [0.1, 0.15) is 5.82 Å². The van der Waals surface area contributed by atoms with Crippen molar-refractivity contribution in [2.75, 3.05) is 6.54 Å². The molecule has 0 bridgehead atoms. The van der Waals surface area contributed by atoms with Crippen LogP contribution in [0.25, 0.3) is 0 Å². The van der Waals surface area contributed by atoms with E-state index in [0.717, 1.165) is 37.7 Å². The summed E-state index contributed by atoms with van der Waals surface area (Å²) in [5.41, 5.74) is 0.431. The molecule has 0 saturated heterocycles. The van der Waals surface area contributed by atoms with Gasteiger partial charge in [-0.3, -0.25) is 4.79 Å². The van der Waals surface area contributed by atoms with Gasteiger partial charge in [0.25, 0.3) is 0 Å². The minimum Gasteiger partial charge on any atom is -0.393 e. The molecular formula is C16H20FNO2. The highest BCUT2D eigenvalue weighted by Gasteiger charge is 2.51. The first-order chi connectivity index (χ1) is 9.62.